The highest BCUT2D eigenvalue weighted by atomic mass is 35.5. The summed E-state index contributed by atoms with van der Waals surface area (Å²) in [6, 6.07) is 20.3. The lowest BCUT2D eigenvalue weighted by molar-refractivity contribution is -0.140. The number of carbonyl (C=O) groups excluding carboxylic acids is 2. The van der Waals surface area contributed by atoms with Crippen molar-refractivity contribution in [3.63, 3.8) is 0 Å². The summed E-state index contributed by atoms with van der Waals surface area (Å²) in [5.41, 5.74) is 1.21. The van der Waals surface area contributed by atoms with Crippen LogP contribution in [0.25, 0.3) is 0 Å². The summed E-state index contributed by atoms with van der Waals surface area (Å²) in [5, 5.41) is 3.19. The number of nitrogens with zero attached hydrogens (tertiary/aromatic N) is 2. The van der Waals surface area contributed by atoms with Crippen LogP contribution in [-0.4, -0.2) is 50.5 Å². The van der Waals surface area contributed by atoms with Crippen LogP contribution in [-0.2, 0) is 32.6 Å². The largest absolute Gasteiger partial charge is 0.354 e. The Labute approximate surface area is 234 Å². The molecule has 0 aliphatic rings. The molecule has 0 fully saturated rings. The Morgan fingerprint density at radius 2 is 1.69 bits per heavy atom. The standard InChI is InChI=1S/C29H33ClFN3O4S/c1-3-4-17-32-29(36)27(18-22-11-6-5-7-12-22)33(20-23-13-8-9-16-26(23)31)28(35)21-34(39(2,37)38)25-15-10-14-24(30)19-25/h5-16,19,27H,3-4,17-18,20-21H2,1-2H3,(H,32,36)/t27-/m1/s1. The fourth-order valence-electron chi connectivity index (χ4n) is 4.12. The Kier molecular flexibility index (Phi) is 10.9. The molecule has 0 unspecified atom stereocenters. The minimum atomic E-state index is -3.91. The van der Waals surface area contributed by atoms with E-state index >= 15 is 0 Å². The second kappa shape index (κ2) is 14.1. The molecular formula is C29H33ClFN3O4S. The van der Waals surface area contributed by atoms with Crippen molar-refractivity contribution in [2.45, 2.75) is 38.8 Å². The van der Waals surface area contributed by atoms with Crippen LogP contribution in [0, 0.1) is 5.82 Å². The molecule has 208 valence electrons. The summed E-state index contributed by atoms with van der Waals surface area (Å²) in [7, 11) is -3.91. The zero-order valence-corrected chi connectivity index (χ0v) is 23.6. The zero-order valence-electron chi connectivity index (χ0n) is 22.0. The van der Waals surface area contributed by atoms with Crippen molar-refractivity contribution in [1.29, 1.82) is 0 Å². The number of benzene rings is 3. The van der Waals surface area contributed by atoms with Gasteiger partial charge in [-0.05, 0) is 36.2 Å². The third-order valence-corrected chi connectivity index (χ3v) is 7.55. The van der Waals surface area contributed by atoms with Crippen LogP contribution < -0.4 is 9.62 Å². The second-order valence-corrected chi connectivity index (χ2v) is 11.6. The number of anilines is 1. The predicted octanol–water partition coefficient (Wildman–Crippen LogP) is 4.80. The smallest absolute Gasteiger partial charge is 0.244 e. The monoisotopic (exact) mass is 573 g/mol. The predicted molar refractivity (Wildman–Crippen MR) is 152 cm³/mol. The van der Waals surface area contributed by atoms with Crippen molar-refractivity contribution in [2.75, 3.05) is 23.7 Å². The lowest BCUT2D eigenvalue weighted by Crippen LogP contribution is -2.53. The molecule has 0 aliphatic heterocycles. The van der Waals surface area contributed by atoms with E-state index in [9.17, 15) is 22.4 Å². The number of nitrogens with one attached hydrogen (secondary N) is 1. The van der Waals surface area contributed by atoms with E-state index in [0.717, 1.165) is 29.0 Å². The third-order valence-electron chi connectivity index (χ3n) is 6.17. The lowest BCUT2D eigenvalue weighted by Gasteiger charge is -2.33. The highest BCUT2D eigenvalue weighted by Crippen LogP contribution is 2.23. The van der Waals surface area contributed by atoms with Crippen LogP contribution in [0.15, 0.2) is 78.9 Å². The van der Waals surface area contributed by atoms with Crippen LogP contribution in [0.1, 0.15) is 30.9 Å². The molecule has 0 saturated heterocycles. The van der Waals surface area contributed by atoms with Crippen molar-refractivity contribution in [2.24, 2.45) is 0 Å². The number of sulfonamides is 1. The van der Waals surface area contributed by atoms with Gasteiger partial charge in [-0.1, -0.05) is 79.5 Å². The molecule has 0 spiro atoms. The summed E-state index contributed by atoms with van der Waals surface area (Å²) >= 11 is 6.09. The summed E-state index contributed by atoms with van der Waals surface area (Å²) in [6.45, 7) is 1.59. The van der Waals surface area contributed by atoms with Crippen LogP contribution in [0.3, 0.4) is 0 Å². The first kappa shape index (κ1) is 30.1. The van der Waals surface area contributed by atoms with Crippen molar-refractivity contribution in [1.82, 2.24) is 10.2 Å². The molecule has 3 aromatic rings. The van der Waals surface area contributed by atoms with Crippen molar-refractivity contribution >= 4 is 39.1 Å². The normalized spacial score (nSPS) is 12.0. The number of hydrogen-bond donors (Lipinski definition) is 1. The molecule has 0 bridgehead atoms. The van der Waals surface area contributed by atoms with Crippen molar-refractivity contribution in [3.05, 3.63) is 101 Å². The molecule has 3 rings (SSSR count). The molecule has 1 atom stereocenters. The lowest BCUT2D eigenvalue weighted by atomic mass is 10.0. The summed E-state index contributed by atoms with van der Waals surface area (Å²) in [6.07, 6.45) is 2.77. The van der Waals surface area contributed by atoms with Crippen LogP contribution in [0.5, 0.6) is 0 Å². The summed E-state index contributed by atoms with van der Waals surface area (Å²) < 4.78 is 41.2. The molecule has 1 N–H and O–H groups in total. The Bertz CT molecular complexity index is 1370. The number of rotatable bonds is 13. The highest BCUT2D eigenvalue weighted by Gasteiger charge is 2.33. The van der Waals surface area contributed by atoms with E-state index in [4.69, 9.17) is 11.6 Å². The second-order valence-electron chi connectivity index (χ2n) is 9.21. The van der Waals surface area contributed by atoms with Gasteiger partial charge >= 0.3 is 0 Å². The Hall–Kier alpha value is -3.43. The first-order valence-corrected chi connectivity index (χ1v) is 14.9. The summed E-state index contributed by atoms with van der Waals surface area (Å²) in [4.78, 5) is 28.7. The van der Waals surface area contributed by atoms with Gasteiger partial charge < -0.3 is 10.2 Å². The fraction of sp³-hybridized carbons (Fsp3) is 0.310. The van der Waals surface area contributed by atoms with E-state index in [0.29, 0.717) is 11.6 Å². The SMILES string of the molecule is CCCCNC(=O)[C@@H](Cc1ccccc1)N(Cc1ccccc1F)C(=O)CN(c1cccc(Cl)c1)S(C)(=O)=O. The molecule has 2 amide bonds. The van der Waals surface area contributed by atoms with Gasteiger partial charge in [0.2, 0.25) is 21.8 Å². The van der Waals surface area contributed by atoms with E-state index in [2.05, 4.69) is 5.32 Å². The van der Waals surface area contributed by atoms with Gasteiger partial charge in [-0.15, -0.1) is 0 Å². The van der Waals surface area contributed by atoms with E-state index in [1.54, 1.807) is 18.2 Å². The summed E-state index contributed by atoms with van der Waals surface area (Å²) in [5.74, 6) is -1.59. The highest BCUT2D eigenvalue weighted by molar-refractivity contribution is 7.92. The number of hydrogen-bond acceptors (Lipinski definition) is 4. The Morgan fingerprint density at radius 3 is 2.33 bits per heavy atom. The van der Waals surface area contributed by atoms with Gasteiger partial charge in [0.15, 0.2) is 0 Å². The quantitative estimate of drug-likeness (QED) is 0.298. The minimum Gasteiger partial charge on any atom is -0.354 e. The number of halogens is 2. The minimum absolute atomic E-state index is 0.162. The fourth-order valence-corrected chi connectivity index (χ4v) is 5.14. The molecule has 3 aromatic carbocycles. The molecule has 0 radical (unpaired) electrons. The third kappa shape index (κ3) is 8.80. The maximum absolute atomic E-state index is 14.8. The van der Waals surface area contributed by atoms with E-state index in [1.165, 1.54) is 35.2 Å². The first-order valence-electron chi connectivity index (χ1n) is 12.7. The molecule has 0 aromatic heterocycles. The van der Waals surface area contributed by atoms with E-state index < -0.39 is 40.2 Å². The van der Waals surface area contributed by atoms with E-state index in [1.807, 2.05) is 37.3 Å². The van der Waals surface area contributed by atoms with E-state index in [-0.39, 0.29) is 24.2 Å². The molecular weight excluding hydrogens is 541 g/mol. The topological polar surface area (TPSA) is 86.8 Å². The van der Waals surface area contributed by atoms with Crippen LogP contribution in [0.2, 0.25) is 5.02 Å². The number of unbranched alkanes of at least 4 members (excludes halogenated alkanes) is 1. The average molecular weight is 574 g/mol. The van der Waals surface area contributed by atoms with Crippen LogP contribution >= 0.6 is 11.6 Å². The molecule has 0 heterocycles. The molecule has 0 aliphatic carbocycles. The van der Waals surface area contributed by atoms with Gasteiger partial charge in [-0.2, -0.15) is 0 Å². The number of carbonyl (C=O) groups is 2. The van der Waals surface area contributed by atoms with Gasteiger partial charge in [0.05, 0.1) is 11.9 Å². The molecule has 0 saturated carbocycles. The van der Waals surface area contributed by atoms with Gasteiger partial charge in [-0.25, -0.2) is 12.8 Å². The van der Waals surface area contributed by atoms with Gasteiger partial charge in [0.1, 0.15) is 18.4 Å². The van der Waals surface area contributed by atoms with Crippen molar-refractivity contribution in [3.8, 4) is 0 Å². The molecule has 7 nitrogen and oxygen atoms in total. The number of amides is 2. The maximum Gasteiger partial charge on any atom is 0.244 e. The van der Waals surface area contributed by atoms with Crippen molar-refractivity contribution < 1.29 is 22.4 Å². The average Bonchev–Trinajstić information content (AvgIpc) is 2.90. The van der Waals surface area contributed by atoms with Crippen LogP contribution in [0.4, 0.5) is 10.1 Å². The Balaban J connectivity index is 2.04. The maximum atomic E-state index is 14.8. The van der Waals surface area contributed by atoms with Gasteiger partial charge in [-0.3, -0.25) is 13.9 Å². The molecule has 39 heavy (non-hydrogen) atoms. The first-order chi connectivity index (χ1) is 18.6. The van der Waals surface area contributed by atoms with Gasteiger partial charge in [0.25, 0.3) is 0 Å². The van der Waals surface area contributed by atoms with Gasteiger partial charge in [0, 0.05) is 30.1 Å². The zero-order chi connectivity index (χ0) is 28.4. The molecule has 10 heteroatoms. The Morgan fingerprint density at radius 1 is 1.00 bits per heavy atom.